The van der Waals surface area contributed by atoms with E-state index in [9.17, 15) is 9.59 Å². The molecule has 2 amide bonds. The third-order valence-corrected chi connectivity index (χ3v) is 7.21. The lowest BCUT2D eigenvalue weighted by atomic mass is 10.1. The zero-order valence-corrected chi connectivity index (χ0v) is 22.8. The van der Waals surface area contributed by atoms with Crippen LogP contribution in [0.2, 0.25) is 0 Å². The number of rotatable bonds is 7. The molecule has 3 aromatic rings. The Morgan fingerprint density at radius 2 is 1.62 bits per heavy atom. The first kappa shape index (κ1) is 26.7. The van der Waals surface area contributed by atoms with Gasteiger partial charge in [-0.15, -0.1) is 11.3 Å². The molecule has 7 nitrogen and oxygen atoms in total. The molecular weight excluding hydrogens is 484 g/mol. The molecule has 1 unspecified atom stereocenters. The minimum Gasteiger partial charge on any atom is -0.444 e. The molecule has 0 bridgehead atoms. The van der Waals surface area contributed by atoms with Gasteiger partial charge in [-0.05, 0) is 63.2 Å². The summed E-state index contributed by atoms with van der Waals surface area (Å²) in [6.45, 7) is 9.60. The second-order valence-corrected chi connectivity index (χ2v) is 11.5. The highest BCUT2D eigenvalue weighted by Gasteiger charge is 2.25. The molecule has 0 saturated carbocycles. The summed E-state index contributed by atoms with van der Waals surface area (Å²) in [5.41, 5.74) is 2.64. The molecule has 1 saturated heterocycles. The quantitative estimate of drug-likeness (QED) is 0.446. The number of alkyl carbamates (subject to hydrolysis) is 1. The topological polar surface area (TPSA) is 73.9 Å². The highest BCUT2D eigenvalue weighted by atomic mass is 32.1. The molecule has 8 heteroatoms. The van der Waals surface area contributed by atoms with Gasteiger partial charge >= 0.3 is 6.09 Å². The number of likely N-dealkylation sites (N-methyl/N-ethyl adjacent to an activating group) is 1. The normalized spacial score (nSPS) is 15.2. The number of benzene rings is 2. The lowest BCUT2D eigenvalue weighted by Crippen LogP contribution is -2.47. The molecule has 0 radical (unpaired) electrons. The fourth-order valence-electron chi connectivity index (χ4n) is 4.18. The van der Waals surface area contributed by atoms with Gasteiger partial charge in [0.15, 0.2) is 0 Å². The summed E-state index contributed by atoms with van der Waals surface area (Å²) in [7, 11) is 2.16. The number of anilines is 2. The van der Waals surface area contributed by atoms with Gasteiger partial charge in [-0.1, -0.05) is 42.5 Å². The number of thiophene rings is 1. The van der Waals surface area contributed by atoms with Crippen LogP contribution < -0.4 is 15.5 Å². The fraction of sp³-hybridized carbons (Fsp3) is 0.379. The Kier molecular flexibility index (Phi) is 8.51. The van der Waals surface area contributed by atoms with Crippen LogP contribution >= 0.6 is 11.3 Å². The van der Waals surface area contributed by atoms with Crippen LogP contribution in [0.25, 0.3) is 10.4 Å². The molecule has 1 aliphatic rings. The molecule has 0 aliphatic carbocycles. The van der Waals surface area contributed by atoms with Crippen molar-refractivity contribution in [1.29, 1.82) is 0 Å². The summed E-state index contributed by atoms with van der Waals surface area (Å²) in [6.07, 6.45) is -0.256. The predicted octanol–water partition coefficient (Wildman–Crippen LogP) is 5.24. The van der Waals surface area contributed by atoms with E-state index in [2.05, 4.69) is 51.7 Å². The number of nitrogens with one attached hydrogen (secondary N) is 2. The second-order valence-electron chi connectivity index (χ2n) is 10.4. The molecule has 2 aromatic carbocycles. The Hall–Kier alpha value is -3.36. The van der Waals surface area contributed by atoms with Crippen molar-refractivity contribution >= 4 is 34.0 Å². The number of carbonyl (C=O) groups excluding carboxylic acids is 2. The summed E-state index contributed by atoms with van der Waals surface area (Å²) >= 11 is 1.51. The van der Waals surface area contributed by atoms with Gasteiger partial charge in [0, 0.05) is 43.2 Å². The molecular formula is C29H36N4O3S. The number of hydrogen-bond donors (Lipinski definition) is 2. The van der Waals surface area contributed by atoms with Crippen molar-refractivity contribution in [2.45, 2.75) is 38.8 Å². The van der Waals surface area contributed by atoms with E-state index in [1.54, 1.807) is 20.8 Å². The largest absolute Gasteiger partial charge is 0.444 e. The Labute approximate surface area is 223 Å². The average molecular weight is 521 g/mol. The first-order chi connectivity index (χ1) is 17.7. The van der Waals surface area contributed by atoms with Crippen molar-refractivity contribution in [1.82, 2.24) is 10.2 Å². The first-order valence-corrected chi connectivity index (χ1v) is 13.5. The first-order valence-electron chi connectivity index (χ1n) is 12.6. The van der Waals surface area contributed by atoms with Gasteiger partial charge in [0.1, 0.15) is 11.6 Å². The smallest absolute Gasteiger partial charge is 0.408 e. The fourth-order valence-corrected chi connectivity index (χ4v) is 5.09. The minimum absolute atomic E-state index is 0.284. The standard InChI is InChI=1S/C29H36N4O3S/c1-29(2,3)36-28(35)30-24(20-21-8-6-5-7-9-21)27(34)31-26-15-14-25(37-26)22-10-12-23(13-11-22)33-18-16-32(4)17-19-33/h5-15,24H,16-20H2,1-4H3,(H,30,35)(H,31,34). The van der Waals surface area contributed by atoms with Gasteiger partial charge in [-0.3, -0.25) is 4.79 Å². The molecule has 1 atom stereocenters. The third-order valence-electron chi connectivity index (χ3n) is 6.16. The molecule has 2 N–H and O–H groups in total. The van der Waals surface area contributed by atoms with Crippen LogP contribution in [0, 0.1) is 0 Å². The monoisotopic (exact) mass is 520 g/mol. The average Bonchev–Trinajstić information content (AvgIpc) is 3.32. The van der Waals surface area contributed by atoms with E-state index in [4.69, 9.17) is 4.74 Å². The molecule has 1 aliphatic heterocycles. The van der Waals surface area contributed by atoms with Crippen LogP contribution in [0.5, 0.6) is 0 Å². The third kappa shape index (κ3) is 7.81. The number of nitrogens with zero attached hydrogens (tertiary/aromatic N) is 2. The summed E-state index contributed by atoms with van der Waals surface area (Å²) in [4.78, 5) is 31.5. The van der Waals surface area contributed by atoms with Crippen molar-refractivity contribution in [2.24, 2.45) is 0 Å². The van der Waals surface area contributed by atoms with Crippen molar-refractivity contribution < 1.29 is 14.3 Å². The number of piperazine rings is 1. The maximum Gasteiger partial charge on any atom is 0.408 e. The van der Waals surface area contributed by atoms with E-state index < -0.39 is 17.7 Å². The lowest BCUT2D eigenvalue weighted by molar-refractivity contribution is -0.118. The van der Waals surface area contributed by atoms with Gasteiger partial charge in [-0.25, -0.2) is 4.79 Å². The maximum atomic E-state index is 13.2. The van der Waals surface area contributed by atoms with E-state index in [0.717, 1.165) is 47.2 Å². The Balaban J connectivity index is 1.42. The van der Waals surface area contributed by atoms with E-state index in [-0.39, 0.29) is 5.91 Å². The summed E-state index contributed by atoms with van der Waals surface area (Å²) in [6, 6.07) is 21.4. The van der Waals surface area contributed by atoms with Crippen LogP contribution in [-0.4, -0.2) is 61.8 Å². The summed E-state index contributed by atoms with van der Waals surface area (Å²) in [5, 5.41) is 6.46. The van der Waals surface area contributed by atoms with Gasteiger partial charge < -0.3 is 25.2 Å². The molecule has 1 fully saturated rings. The van der Waals surface area contributed by atoms with Crippen LogP contribution in [0.4, 0.5) is 15.5 Å². The van der Waals surface area contributed by atoms with Crippen molar-refractivity contribution in [2.75, 3.05) is 43.4 Å². The molecule has 2 heterocycles. The van der Waals surface area contributed by atoms with Crippen molar-refractivity contribution in [3.8, 4) is 10.4 Å². The van der Waals surface area contributed by atoms with Crippen LogP contribution in [0.15, 0.2) is 66.7 Å². The zero-order valence-electron chi connectivity index (χ0n) is 22.0. The minimum atomic E-state index is -0.773. The van der Waals surface area contributed by atoms with E-state index in [0.29, 0.717) is 6.42 Å². The van der Waals surface area contributed by atoms with Crippen molar-refractivity contribution in [3.63, 3.8) is 0 Å². The highest BCUT2D eigenvalue weighted by Crippen LogP contribution is 2.32. The van der Waals surface area contributed by atoms with Gasteiger partial charge in [0.2, 0.25) is 5.91 Å². The Bertz CT molecular complexity index is 1180. The summed E-state index contributed by atoms with van der Waals surface area (Å²) < 4.78 is 5.39. The van der Waals surface area contributed by atoms with Gasteiger partial charge in [-0.2, -0.15) is 0 Å². The molecule has 4 rings (SSSR count). The lowest BCUT2D eigenvalue weighted by Gasteiger charge is -2.34. The number of ether oxygens (including phenoxy) is 1. The highest BCUT2D eigenvalue weighted by molar-refractivity contribution is 7.19. The van der Waals surface area contributed by atoms with Crippen LogP contribution in [0.1, 0.15) is 26.3 Å². The number of amides is 2. The van der Waals surface area contributed by atoms with Gasteiger partial charge in [0.05, 0.1) is 5.00 Å². The van der Waals surface area contributed by atoms with E-state index >= 15 is 0 Å². The maximum absolute atomic E-state index is 13.2. The second kappa shape index (κ2) is 11.8. The van der Waals surface area contributed by atoms with E-state index in [1.165, 1.54) is 17.0 Å². The van der Waals surface area contributed by atoms with Crippen LogP contribution in [-0.2, 0) is 16.0 Å². The Morgan fingerprint density at radius 3 is 2.27 bits per heavy atom. The summed E-state index contributed by atoms with van der Waals surface area (Å²) in [5.74, 6) is -0.284. The molecule has 196 valence electrons. The van der Waals surface area contributed by atoms with Crippen LogP contribution in [0.3, 0.4) is 0 Å². The predicted molar refractivity (Wildman–Crippen MR) is 151 cm³/mol. The SMILES string of the molecule is CN1CCN(c2ccc(-c3ccc(NC(=O)C(Cc4ccccc4)NC(=O)OC(C)(C)C)s3)cc2)CC1. The number of carbonyl (C=O) groups is 2. The zero-order chi connectivity index (χ0) is 26.4. The van der Waals surface area contributed by atoms with E-state index in [1.807, 2.05) is 42.5 Å². The molecule has 0 spiro atoms. The van der Waals surface area contributed by atoms with Crippen molar-refractivity contribution in [3.05, 3.63) is 72.3 Å². The number of hydrogen-bond acceptors (Lipinski definition) is 6. The Morgan fingerprint density at radius 1 is 0.946 bits per heavy atom. The van der Waals surface area contributed by atoms with Gasteiger partial charge in [0.25, 0.3) is 0 Å². The molecule has 1 aromatic heterocycles. The molecule has 37 heavy (non-hydrogen) atoms.